The largest absolute Gasteiger partial charge is 0.507 e. The number of rotatable bonds is 4. The average Bonchev–Trinajstić information content (AvgIpc) is 2.93. The highest BCUT2D eigenvalue weighted by atomic mass is 16.6. The smallest absolute Gasteiger partial charge is 0.244 e. The zero-order valence-corrected chi connectivity index (χ0v) is 14.5. The van der Waals surface area contributed by atoms with E-state index in [9.17, 15) is 14.7 Å². The number of carbonyl (C=O) groups excluding carboxylic acids is 2. The van der Waals surface area contributed by atoms with E-state index in [1.54, 1.807) is 37.3 Å². The van der Waals surface area contributed by atoms with Crippen LogP contribution in [0.5, 0.6) is 5.75 Å². The highest BCUT2D eigenvalue weighted by Crippen LogP contribution is 2.32. The molecule has 0 spiro atoms. The van der Waals surface area contributed by atoms with E-state index < -0.39 is 5.72 Å². The number of carbonyl (C=O) groups is 2. The van der Waals surface area contributed by atoms with Gasteiger partial charge in [0, 0.05) is 12.6 Å². The molecule has 3 rings (SSSR count). The zero-order valence-electron chi connectivity index (χ0n) is 14.5. The van der Waals surface area contributed by atoms with Crippen LogP contribution in [-0.4, -0.2) is 33.6 Å². The maximum atomic E-state index is 12.4. The van der Waals surface area contributed by atoms with Gasteiger partial charge in [-0.25, -0.2) is 0 Å². The second kappa shape index (κ2) is 6.87. The van der Waals surface area contributed by atoms with Crippen molar-refractivity contribution in [3.63, 3.8) is 0 Å². The minimum atomic E-state index is -1.29. The number of phenols is 1. The molecule has 0 saturated heterocycles. The number of nitrogens with one attached hydrogen (secondary N) is 1. The third kappa shape index (κ3) is 3.51. The number of anilines is 1. The van der Waals surface area contributed by atoms with Gasteiger partial charge in [0.2, 0.25) is 23.4 Å². The second-order valence-electron chi connectivity index (χ2n) is 6.12. The third-order valence-electron chi connectivity index (χ3n) is 3.93. The highest BCUT2D eigenvalue weighted by Gasteiger charge is 2.45. The van der Waals surface area contributed by atoms with Crippen LogP contribution in [0.25, 0.3) is 0 Å². The van der Waals surface area contributed by atoms with Crippen LogP contribution < -0.4 is 5.32 Å². The van der Waals surface area contributed by atoms with Crippen LogP contribution >= 0.6 is 0 Å². The van der Waals surface area contributed by atoms with Crippen LogP contribution in [0.3, 0.4) is 0 Å². The predicted molar refractivity (Wildman–Crippen MR) is 96.3 cm³/mol. The first-order valence-electron chi connectivity index (χ1n) is 8.11. The Morgan fingerprint density at radius 1 is 1.15 bits per heavy atom. The van der Waals surface area contributed by atoms with Gasteiger partial charge < -0.3 is 15.2 Å². The fourth-order valence-electron chi connectivity index (χ4n) is 2.77. The Kier molecular flexibility index (Phi) is 4.62. The fourth-order valence-corrected chi connectivity index (χ4v) is 2.77. The summed E-state index contributed by atoms with van der Waals surface area (Å²) in [5.74, 6) is -0.620. The maximum Gasteiger partial charge on any atom is 0.244 e. The van der Waals surface area contributed by atoms with Gasteiger partial charge >= 0.3 is 0 Å². The van der Waals surface area contributed by atoms with Crippen molar-refractivity contribution in [3.05, 3.63) is 60.2 Å². The number of ether oxygens (including phenoxy) is 1. The second-order valence-corrected chi connectivity index (χ2v) is 6.12. The van der Waals surface area contributed by atoms with Gasteiger partial charge in [-0.1, -0.05) is 30.3 Å². The number of hydrogen-bond donors (Lipinski definition) is 2. The monoisotopic (exact) mass is 353 g/mol. The van der Waals surface area contributed by atoms with E-state index in [1.807, 2.05) is 18.2 Å². The van der Waals surface area contributed by atoms with Crippen molar-refractivity contribution in [1.29, 1.82) is 0 Å². The van der Waals surface area contributed by atoms with E-state index in [0.717, 1.165) is 5.01 Å². The van der Waals surface area contributed by atoms with Crippen LogP contribution in [0.4, 0.5) is 5.69 Å². The fraction of sp³-hybridized carbons (Fsp3) is 0.211. The van der Waals surface area contributed by atoms with Gasteiger partial charge in [0.25, 0.3) is 0 Å². The number of nitrogens with zero attached hydrogens (tertiary/aromatic N) is 2. The molecule has 0 unspecified atom stereocenters. The summed E-state index contributed by atoms with van der Waals surface area (Å²) in [6.07, 6.45) is -0.123. The van der Waals surface area contributed by atoms with Crippen LogP contribution in [0, 0.1) is 0 Å². The Labute approximate surface area is 150 Å². The van der Waals surface area contributed by atoms with Crippen LogP contribution in [-0.2, 0) is 14.3 Å². The molecule has 1 atom stereocenters. The number of phenolic OH excluding ortho intramolecular Hbond substituents is 1. The first kappa shape index (κ1) is 17.5. The summed E-state index contributed by atoms with van der Waals surface area (Å²) >= 11 is 0. The number of hydrazone groups is 1. The summed E-state index contributed by atoms with van der Waals surface area (Å²) in [4.78, 5) is 24.4. The molecule has 134 valence electrons. The van der Waals surface area contributed by atoms with Crippen molar-refractivity contribution in [2.45, 2.75) is 26.0 Å². The summed E-state index contributed by atoms with van der Waals surface area (Å²) in [7, 11) is 0. The van der Waals surface area contributed by atoms with Gasteiger partial charge in [-0.15, -0.1) is 5.10 Å². The SMILES string of the molecule is CC(=O)N1N=C(c2ccccc2O)O[C@]1(C)CC(=O)Nc1ccccc1. The Hall–Kier alpha value is -3.35. The van der Waals surface area contributed by atoms with Gasteiger partial charge in [0.1, 0.15) is 5.75 Å². The molecule has 1 aliphatic heterocycles. The van der Waals surface area contributed by atoms with Gasteiger partial charge in [0.15, 0.2) is 0 Å². The standard InChI is InChI=1S/C19H19N3O4/c1-13(23)22-19(2,12-17(25)20-14-8-4-3-5-9-14)26-18(21-22)15-10-6-7-11-16(15)24/h3-11,24H,12H2,1-2H3,(H,20,25)/t19-/m1/s1. The Balaban J connectivity index is 1.81. The minimum Gasteiger partial charge on any atom is -0.507 e. The van der Waals surface area contributed by atoms with E-state index in [1.165, 1.54) is 13.0 Å². The predicted octanol–water partition coefficient (Wildman–Crippen LogP) is 2.68. The van der Waals surface area contributed by atoms with E-state index in [4.69, 9.17) is 4.74 Å². The van der Waals surface area contributed by atoms with Gasteiger partial charge in [-0.3, -0.25) is 9.59 Å². The lowest BCUT2D eigenvalue weighted by atomic mass is 10.1. The average molecular weight is 353 g/mol. The van der Waals surface area contributed by atoms with Gasteiger partial charge in [0.05, 0.1) is 12.0 Å². The summed E-state index contributed by atoms with van der Waals surface area (Å²) in [5.41, 5.74) is -0.288. The van der Waals surface area contributed by atoms with Gasteiger partial charge in [-0.05, 0) is 31.2 Å². The Bertz CT molecular complexity index is 866. The molecule has 0 radical (unpaired) electrons. The zero-order chi connectivity index (χ0) is 18.7. The van der Waals surface area contributed by atoms with Crippen molar-refractivity contribution in [2.24, 2.45) is 5.10 Å². The lowest BCUT2D eigenvalue weighted by Crippen LogP contribution is -2.46. The normalized spacial score (nSPS) is 18.8. The molecular formula is C19H19N3O4. The molecule has 1 aliphatic rings. The Morgan fingerprint density at radius 2 is 1.81 bits per heavy atom. The number of benzene rings is 2. The summed E-state index contributed by atoms with van der Waals surface area (Å²) in [6, 6.07) is 15.5. The molecule has 1 heterocycles. The molecule has 2 aromatic rings. The third-order valence-corrected chi connectivity index (χ3v) is 3.93. The number of amides is 2. The molecule has 0 saturated carbocycles. The van der Waals surface area contributed by atoms with Crippen molar-refractivity contribution in [1.82, 2.24) is 5.01 Å². The van der Waals surface area contributed by atoms with E-state index >= 15 is 0 Å². The topological polar surface area (TPSA) is 91.2 Å². The van der Waals surface area contributed by atoms with E-state index in [-0.39, 0.29) is 29.9 Å². The molecule has 2 amide bonds. The quantitative estimate of drug-likeness (QED) is 0.884. The molecule has 7 heteroatoms. The lowest BCUT2D eigenvalue weighted by molar-refractivity contribution is -0.147. The summed E-state index contributed by atoms with van der Waals surface area (Å²) in [6.45, 7) is 2.95. The molecular weight excluding hydrogens is 334 g/mol. The first-order valence-corrected chi connectivity index (χ1v) is 8.11. The molecule has 0 fully saturated rings. The van der Waals surface area contributed by atoms with E-state index in [0.29, 0.717) is 11.3 Å². The number of hydrogen-bond acceptors (Lipinski definition) is 5. The van der Waals surface area contributed by atoms with Crippen molar-refractivity contribution < 1.29 is 19.4 Å². The van der Waals surface area contributed by atoms with Crippen molar-refractivity contribution in [3.8, 4) is 5.75 Å². The van der Waals surface area contributed by atoms with Crippen molar-refractivity contribution >= 4 is 23.4 Å². The molecule has 0 aliphatic carbocycles. The molecule has 26 heavy (non-hydrogen) atoms. The highest BCUT2D eigenvalue weighted by molar-refractivity contribution is 6.00. The molecule has 7 nitrogen and oxygen atoms in total. The van der Waals surface area contributed by atoms with Crippen molar-refractivity contribution in [2.75, 3.05) is 5.32 Å². The maximum absolute atomic E-state index is 12.4. The van der Waals surface area contributed by atoms with Crippen LogP contribution in [0.1, 0.15) is 25.8 Å². The number of aromatic hydroxyl groups is 1. The van der Waals surface area contributed by atoms with Crippen LogP contribution in [0.2, 0.25) is 0 Å². The molecule has 0 bridgehead atoms. The molecule has 2 N–H and O–H groups in total. The number of para-hydroxylation sites is 2. The molecule has 2 aromatic carbocycles. The lowest BCUT2D eigenvalue weighted by Gasteiger charge is -2.30. The molecule has 0 aromatic heterocycles. The minimum absolute atomic E-state index is 0.0206. The van der Waals surface area contributed by atoms with Gasteiger partial charge in [-0.2, -0.15) is 5.01 Å². The summed E-state index contributed by atoms with van der Waals surface area (Å²) in [5, 5.41) is 18.1. The summed E-state index contributed by atoms with van der Waals surface area (Å²) < 4.78 is 5.83. The first-order chi connectivity index (χ1) is 12.4. The van der Waals surface area contributed by atoms with Crippen LogP contribution in [0.15, 0.2) is 59.7 Å². The van der Waals surface area contributed by atoms with E-state index in [2.05, 4.69) is 10.4 Å². The Morgan fingerprint density at radius 3 is 2.46 bits per heavy atom.